The minimum atomic E-state index is -4.52. The Morgan fingerprint density at radius 1 is 0.667 bits per heavy atom. The summed E-state index contributed by atoms with van der Waals surface area (Å²) < 4.78 is 66.1. The van der Waals surface area contributed by atoms with Crippen molar-refractivity contribution in [3.63, 3.8) is 0 Å². The zero-order valence-electron chi connectivity index (χ0n) is 33.0. The van der Waals surface area contributed by atoms with Gasteiger partial charge in [-0.3, -0.25) is 19.2 Å². The van der Waals surface area contributed by atoms with Crippen LogP contribution in [-0.2, 0) is 58.7 Å². The number of carbonyl (C=O) groups is 4. The fourth-order valence-electron chi connectivity index (χ4n) is 6.43. The summed E-state index contributed by atoms with van der Waals surface area (Å²) in [5.41, 5.74) is 9.07. The van der Waals surface area contributed by atoms with E-state index in [-0.39, 0.29) is 116 Å². The Morgan fingerprint density at radius 2 is 1.09 bits per heavy atom. The molecule has 2 aromatic rings. The molecule has 2 aliphatic rings. The first-order valence-electron chi connectivity index (χ1n) is 17.3. The van der Waals surface area contributed by atoms with Gasteiger partial charge in [-0.05, 0) is 80.5 Å². The fraction of sp³-hybridized carbons (Fsp3) is 0.351. The molecule has 0 aliphatic carbocycles. The summed E-state index contributed by atoms with van der Waals surface area (Å²) in [4.78, 5) is 57.3. The van der Waals surface area contributed by atoms with Crippen LogP contribution in [0.25, 0.3) is 12.2 Å². The number of carbonyl (C=O) groups excluding carboxylic acids is 4. The molecule has 0 saturated carbocycles. The van der Waals surface area contributed by atoms with Crippen molar-refractivity contribution in [1.82, 2.24) is 31.2 Å². The van der Waals surface area contributed by atoms with E-state index in [0.29, 0.717) is 56.5 Å². The average Bonchev–Trinajstić information content (AvgIpc) is 3.73. The van der Waals surface area contributed by atoms with E-state index < -0.39 is 43.6 Å². The van der Waals surface area contributed by atoms with Gasteiger partial charge in [0, 0.05) is 77.5 Å². The summed E-state index contributed by atoms with van der Waals surface area (Å²) in [5, 5.41) is 10.6. The largest absolute Gasteiger partial charge is 1.00 e. The van der Waals surface area contributed by atoms with Crippen LogP contribution < -0.4 is 80.4 Å². The summed E-state index contributed by atoms with van der Waals surface area (Å²) in [6.45, 7) is 14.1. The molecular formula is C37H44N6Na2O10S2. The second-order valence-corrected chi connectivity index (χ2v) is 16.2. The number of allylic oxidation sites excluding steroid dienone is 2. The number of rotatable bonds is 18. The van der Waals surface area contributed by atoms with Gasteiger partial charge in [-0.25, -0.2) is 16.8 Å². The van der Waals surface area contributed by atoms with E-state index in [1.807, 2.05) is 13.8 Å². The fourth-order valence-corrected chi connectivity index (χ4v) is 7.14. The van der Waals surface area contributed by atoms with E-state index in [4.69, 9.17) is 0 Å². The Balaban J connectivity index is 0.00000561. The van der Waals surface area contributed by atoms with Crippen molar-refractivity contribution >= 4 is 56.0 Å². The Morgan fingerprint density at radius 3 is 1.49 bits per heavy atom. The number of aromatic nitrogens is 2. The number of aromatic amines is 2. The van der Waals surface area contributed by atoms with Gasteiger partial charge in [0.1, 0.15) is 0 Å². The summed E-state index contributed by atoms with van der Waals surface area (Å²) in [6.07, 6.45) is 7.18. The smallest absolute Gasteiger partial charge is 0.748 e. The maximum atomic E-state index is 12.7. The van der Waals surface area contributed by atoms with Gasteiger partial charge < -0.3 is 40.3 Å². The molecule has 57 heavy (non-hydrogen) atoms. The first kappa shape index (κ1) is 49.8. The van der Waals surface area contributed by atoms with Crippen molar-refractivity contribution in [2.75, 3.05) is 24.6 Å². The quantitative estimate of drug-likeness (QED) is 0.0622. The molecule has 2 aliphatic heterocycles. The number of H-pyrrole nitrogens is 2. The molecule has 0 saturated heterocycles. The van der Waals surface area contributed by atoms with E-state index in [1.54, 1.807) is 32.1 Å². The van der Waals surface area contributed by atoms with E-state index in [0.717, 1.165) is 22.3 Å². The monoisotopic (exact) mass is 842 g/mol. The molecule has 0 radical (unpaired) electrons. The van der Waals surface area contributed by atoms with Crippen molar-refractivity contribution in [3.8, 4) is 0 Å². The summed E-state index contributed by atoms with van der Waals surface area (Å²) >= 11 is 0. The molecule has 0 unspecified atom stereocenters. The summed E-state index contributed by atoms with van der Waals surface area (Å²) in [5.74, 6) is -2.98. The molecule has 4 heterocycles. The topological polar surface area (TPSA) is 262 Å². The Kier molecular flexibility index (Phi) is 18.5. The van der Waals surface area contributed by atoms with Crippen LogP contribution in [0.5, 0.6) is 0 Å². The maximum Gasteiger partial charge on any atom is 1.00 e. The van der Waals surface area contributed by atoms with Crippen molar-refractivity contribution < 1.29 is 104 Å². The van der Waals surface area contributed by atoms with Gasteiger partial charge in [-0.15, -0.1) is 0 Å². The molecular weight excluding hydrogens is 799 g/mol. The molecule has 0 bridgehead atoms. The first-order chi connectivity index (χ1) is 25.7. The SMILES string of the molecule is C=CC1=C(C)/C(=C\c2[nH]c(Cc3[nH]c(/C=C4/NC(=O)C(C)=C4C=C)c(C)c3CCC(=O)NCCS(=O)(=O)[O-])c(CCC(=O)NCCS(=O)(=O)[O-])c2C)NC1=O.[Na+].[Na+]. The second kappa shape index (κ2) is 21.1. The van der Waals surface area contributed by atoms with Crippen molar-refractivity contribution in [2.45, 2.75) is 59.8 Å². The summed E-state index contributed by atoms with van der Waals surface area (Å²) in [7, 11) is -9.03. The third kappa shape index (κ3) is 13.4. The minimum absolute atomic E-state index is 0. The predicted octanol–water partition coefficient (Wildman–Crippen LogP) is -4.31. The van der Waals surface area contributed by atoms with Crippen LogP contribution in [0.15, 0.2) is 59.0 Å². The zero-order valence-corrected chi connectivity index (χ0v) is 38.6. The van der Waals surface area contributed by atoms with Crippen molar-refractivity contribution in [1.29, 1.82) is 0 Å². The van der Waals surface area contributed by atoms with Gasteiger partial charge in [0.2, 0.25) is 11.8 Å². The minimum Gasteiger partial charge on any atom is -0.748 e. The normalized spacial score (nSPS) is 15.7. The molecule has 4 amide bonds. The molecule has 16 nitrogen and oxygen atoms in total. The van der Waals surface area contributed by atoms with E-state index >= 15 is 0 Å². The third-order valence-corrected chi connectivity index (χ3v) is 10.9. The molecule has 20 heteroatoms. The standard InChI is InChI=1S/C37H46N6O10S2.2Na/c1-7-24-23(6)36(46)43-31(24)18-29-22(5)27(10-12-35(45)39-14-16-55(51,52)53)33(41-29)19-32-26(9-11-34(44)38-13-15-54(48,49)50)21(4)28(40-32)17-30-20(3)25(8-2)37(47)42-30;;/h7-8,17-18,40-41H,1-2,9-16,19H2,3-6H3,(H,38,44)(H,39,45)(H,42,47)(H,43,46)(H,48,49,50)(H,51,52,53);;/q;2*+1/p-2/b30-17+,31-18+;;. The van der Waals surface area contributed by atoms with Crippen LogP contribution in [0.4, 0.5) is 0 Å². The molecule has 0 spiro atoms. The predicted molar refractivity (Wildman–Crippen MR) is 204 cm³/mol. The Labute approximate surface area is 376 Å². The third-order valence-electron chi connectivity index (χ3n) is 9.49. The van der Waals surface area contributed by atoms with E-state index in [2.05, 4.69) is 44.4 Å². The molecule has 0 aromatic carbocycles. The molecule has 6 N–H and O–H groups in total. The van der Waals surface area contributed by atoms with Crippen LogP contribution >= 0.6 is 0 Å². The van der Waals surface area contributed by atoms with E-state index in [9.17, 15) is 45.1 Å². The molecule has 0 fully saturated rings. The second-order valence-electron chi connectivity index (χ2n) is 13.2. The van der Waals surface area contributed by atoms with Gasteiger partial charge in [-0.2, -0.15) is 0 Å². The van der Waals surface area contributed by atoms with Gasteiger partial charge in [0.25, 0.3) is 11.8 Å². The van der Waals surface area contributed by atoms with Crippen LogP contribution in [0, 0.1) is 13.8 Å². The van der Waals surface area contributed by atoms with E-state index in [1.165, 1.54) is 6.08 Å². The molecule has 0 atom stereocenters. The Bertz CT molecular complexity index is 2320. The maximum absolute atomic E-state index is 12.7. The zero-order chi connectivity index (χ0) is 40.8. The van der Waals surface area contributed by atoms with Crippen molar-refractivity contribution in [2.24, 2.45) is 0 Å². The summed E-state index contributed by atoms with van der Waals surface area (Å²) in [6, 6.07) is 0. The van der Waals surface area contributed by atoms with Gasteiger partial charge in [-0.1, -0.05) is 25.3 Å². The van der Waals surface area contributed by atoms with Gasteiger partial charge >= 0.3 is 59.1 Å². The van der Waals surface area contributed by atoms with Gasteiger partial charge in [0.15, 0.2) is 0 Å². The van der Waals surface area contributed by atoms with Crippen LogP contribution in [0.1, 0.15) is 71.7 Å². The number of hydrogen-bond donors (Lipinski definition) is 6. The van der Waals surface area contributed by atoms with Crippen molar-refractivity contribution in [3.05, 3.63) is 104 Å². The van der Waals surface area contributed by atoms with Gasteiger partial charge in [0.05, 0.1) is 37.4 Å². The molecule has 2 aromatic heterocycles. The number of amides is 4. The van der Waals surface area contributed by atoms with Crippen LogP contribution in [0.2, 0.25) is 0 Å². The van der Waals surface area contributed by atoms with Crippen LogP contribution in [-0.4, -0.2) is 84.1 Å². The molecule has 4 rings (SSSR count). The Hall–Kier alpha value is -3.30. The molecule has 296 valence electrons. The van der Waals surface area contributed by atoms with Crippen LogP contribution in [0.3, 0.4) is 0 Å². The average molecular weight is 843 g/mol. The number of hydrogen-bond acceptors (Lipinski definition) is 10. The first-order valence-corrected chi connectivity index (χ1v) is 20.4. The number of nitrogens with one attached hydrogen (secondary N) is 6.